The van der Waals surface area contributed by atoms with Crippen molar-refractivity contribution in [3.63, 3.8) is 0 Å². The first-order valence-corrected chi connectivity index (χ1v) is 7.52. The second-order valence-electron chi connectivity index (χ2n) is 4.80. The lowest BCUT2D eigenvalue weighted by atomic mass is 10.4. The van der Waals surface area contributed by atoms with E-state index in [1.54, 1.807) is 0 Å². The Labute approximate surface area is 106 Å². The van der Waals surface area contributed by atoms with Crippen LogP contribution in [0.15, 0.2) is 0 Å². The van der Waals surface area contributed by atoms with Crippen molar-refractivity contribution in [1.82, 2.24) is 9.62 Å². The third-order valence-electron chi connectivity index (χ3n) is 2.64. The second kappa shape index (κ2) is 5.75. The van der Waals surface area contributed by atoms with Gasteiger partial charge in [-0.2, -0.15) is 17.5 Å². The lowest BCUT2D eigenvalue weighted by molar-refractivity contribution is -0.138. The monoisotopic (exact) mass is 288 g/mol. The molecule has 1 N–H and O–H groups in total. The van der Waals surface area contributed by atoms with Crippen molar-refractivity contribution >= 4 is 10.0 Å². The summed E-state index contributed by atoms with van der Waals surface area (Å²) in [7, 11) is -3.87. The van der Waals surface area contributed by atoms with Crippen molar-refractivity contribution in [1.29, 1.82) is 0 Å². The highest BCUT2D eigenvalue weighted by molar-refractivity contribution is 7.89. The molecule has 8 heteroatoms. The normalized spacial score (nSPS) is 17.7. The lowest BCUT2D eigenvalue weighted by Crippen LogP contribution is -2.45. The van der Waals surface area contributed by atoms with Gasteiger partial charge in [-0.3, -0.25) is 0 Å². The van der Waals surface area contributed by atoms with Crippen LogP contribution < -0.4 is 5.32 Å². The molecule has 0 radical (unpaired) electrons. The average molecular weight is 288 g/mol. The molecule has 0 saturated heterocycles. The van der Waals surface area contributed by atoms with Crippen LogP contribution in [-0.2, 0) is 10.0 Å². The molecule has 1 aliphatic rings. The molecule has 0 heterocycles. The molecule has 1 aliphatic carbocycles. The summed E-state index contributed by atoms with van der Waals surface area (Å²) in [5.74, 6) is -0.294. The maximum Gasteiger partial charge on any atom is 0.402 e. The minimum Gasteiger partial charge on any atom is -0.313 e. The molecule has 0 unspecified atom stereocenters. The van der Waals surface area contributed by atoms with Crippen molar-refractivity contribution in [2.45, 2.75) is 44.9 Å². The van der Waals surface area contributed by atoms with E-state index >= 15 is 0 Å². The first kappa shape index (κ1) is 15.7. The van der Waals surface area contributed by atoms with E-state index in [1.807, 2.05) is 0 Å². The summed E-state index contributed by atoms with van der Waals surface area (Å²) in [6, 6.07) is -0.354. The van der Waals surface area contributed by atoms with Gasteiger partial charge in [0.1, 0.15) is 6.54 Å². The molecule has 0 aromatic carbocycles. The quantitative estimate of drug-likeness (QED) is 0.769. The Morgan fingerprint density at radius 3 is 2.28 bits per heavy atom. The SMILES string of the molecule is CC(C)N(CC(F)(F)F)S(=O)(=O)CCNC1CC1. The molecule has 0 atom stereocenters. The summed E-state index contributed by atoms with van der Waals surface area (Å²) in [5, 5.41) is 2.98. The van der Waals surface area contributed by atoms with Crippen LogP contribution in [0.5, 0.6) is 0 Å². The van der Waals surface area contributed by atoms with Gasteiger partial charge in [-0.1, -0.05) is 0 Å². The zero-order chi connectivity index (χ0) is 14.0. The summed E-state index contributed by atoms with van der Waals surface area (Å²) in [4.78, 5) is 0. The van der Waals surface area contributed by atoms with Gasteiger partial charge in [0.05, 0.1) is 5.75 Å². The molecule has 18 heavy (non-hydrogen) atoms. The maximum atomic E-state index is 12.3. The fourth-order valence-corrected chi connectivity index (χ4v) is 3.17. The molecule has 0 bridgehead atoms. The van der Waals surface area contributed by atoms with E-state index < -0.39 is 28.8 Å². The van der Waals surface area contributed by atoms with Gasteiger partial charge in [0.15, 0.2) is 0 Å². The zero-order valence-electron chi connectivity index (χ0n) is 10.5. The lowest BCUT2D eigenvalue weighted by Gasteiger charge is -2.26. The van der Waals surface area contributed by atoms with Crippen LogP contribution in [0, 0.1) is 0 Å². The van der Waals surface area contributed by atoms with E-state index in [9.17, 15) is 21.6 Å². The molecule has 1 rings (SSSR count). The minimum absolute atomic E-state index is 0.202. The number of hydrogen-bond acceptors (Lipinski definition) is 3. The van der Waals surface area contributed by atoms with E-state index in [1.165, 1.54) is 13.8 Å². The van der Waals surface area contributed by atoms with Crippen LogP contribution in [0.2, 0.25) is 0 Å². The van der Waals surface area contributed by atoms with Gasteiger partial charge in [-0.15, -0.1) is 0 Å². The van der Waals surface area contributed by atoms with E-state index in [4.69, 9.17) is 0 Å². The van der Waals surface area contributed by atoms with Gasteiger partial charge < -0.3 is 5.32 Å². The third-order valence-corrected chi connectivity index (χ3v) is 4.62. The highest BCUT2D eigenvalue weighted by atomic mass is 32.2. The van der Waals surface area contributed by atoms with Crippen LogP contribution in [0.3, 0.4) is 0 Å². The van der Waals surface area contributed by atoms with Crippen LogP contribution in [0.25, 0.3) is 0 Å². The van der Waals surface area contributed by atoms with Crippen molar-refractivity contribution in [3.05, 3.63) is 0 Å². The maximum absolute atomic E-state index is 12.3. The Morgan fingerprint density at radius 1 is 1.33 bits per heavy atom. The molecular weight excluding hydrogens is 269 g/mol. The molecule has 0 amide bonds. The van der Waals surface area contributed by atoms with Gasteiger partial charge in [0, 0.05) is 18.6 Å². The number of sulfonamides is 1. The second-order valence-corrected chi connectivity index (χ2v) is 6.84. The number of rotatable bonds is 7. The van der Waals surface area contributed by atoms with Crippen molar-refractivity contribution in [2.75, 3.05) is 18.8 Å². The van der Waals surface area contributed by atoms with Crippen LogP contribution in [0.1, 0.15) is 26.7 Å². The molecule has 0 spiro atoms. The van der Waals surface area contributed by atoms with Crippen LogP contribution >= 0.6 is 0 Å². The molecule has 1 saturated carbocycles. The Kier molecular flexibility index (Phi) is 5.02. The van der Waals surface area contributed by atoms with E-state index in [2.05, 4.69) is 5.32 Å². The van der Waals surface area contributed by atoms with Crippen molar-refractivity contribution in [2.24, 2.45) is 0 Å². The Balaban J connectivity index is 2.57. The molecule has 1 fully saturated rings. The zero-order valence-corrected chi connectivity index (χ0v) is 11.3. The number of nitrogens with one attached hydrogen (secondary N) is 1. The fourth-order valence-electron chi connectivity index (χ4n) is 1.58. The first-order valence-electron chi connectivity index (χ1n) is 5.91. The number of halogens is 3. The number of alkyl halides is 3. The number of hydrogen-bond donors (Lipinski definition) is 1. The molecule has 0 aromatic rings. The Hall–Kier alpha value is -0.340. The van der Waals surface area contributed by atoms with E-state index in [-0.39, 0.29) is 12.3 Å². The highest BCUT2D eigenvalue weighted by Crippen LogP contribution is 2.21. The summed E-state index contributed by atoms with van der Waals surface area (Å²) in [6.07, 6.45) is -2.49. The minimum atomic E-state index is -4.51. The standard InChI is InChI=1S/C10H19F3N2O2S/c1-8(2)15(7-10(11,12)13)18(16,17)6-5-14-9-3-4-9/h8-9,14H,3-7H2,1-2H3. The molecule has 0 aliphatic heterocycles. The summed E-state index contributed by atoms with van der Waals surface area (Å²) in [6.45, 7) is 1.67. The molecule has 108 valence electrons. The predicted molar refractivity (Wildman–Crippen MR) is 62.7 cm³/mol. The smallest absolute Gasteiger partial charge is 0.313 e. The summed E-state index contributed by atoms with van der Waals surface area (Å²) >= 11 is 0. The third kappa shape index (κ3) is 5.53. The highest BCUT2D eigenvalue weighted by Gasteiger charge is 2.37. The molecule has 4 nitrogen and oxygen atoms in total. The predicted octanol–water partition coefficient (Wildman–Crippen LogP) is 1.34. The van der Waals surface area contributed by atoms with Gasteiger partial charge in [-0.25, -0.2) is 8.42 Å². The summed E-state index contributed by atoms with van der Waals surface area (Å²) < 4.78 is 61.2. The summed E-state index contributed by atoms with van der Waals surface area (Å²) in [5.41, 5.74) is 0. The Morgan fingerprint density at radius 2 is 1.89 bits per heavy atom. The van der Waals surface area contributed by atoms with Crippen molar-refractivity contribution < 1.29 is 21.6 Å². The molecule has 0 aromatic heterocycles. The topological polar surface area (TPSA) is 49.4 Å². The van der Waals surface area contributed by atoms with E-state index in [0.29, 0.717) is 10.3 Å². The Bertz CT molecular complexity index is 364. The van der Waals surface area contributed by atoms with Crippen LogP contribution in [0.4, 0.5) is 13.2 Å². The van der Waals surface area contributed by atoms with Gasteiger partial charge in [0.25, 0.3) is 0 Å². The van der Waals surface area contributed by atoms with Gasteiger partial charge in [-0.05, 0) is 26.7 Å². The fraction of sp³-hybridized carbons (Fsp3) is 1.00. The van der Waals surface area contributed by atoms with Crippen LogP contribution in [-0.4, -0.2) is 49.8 Å². The number of nitrogens with zero attached hydrogens (tertiary/aromatic N) is 1. The molecular formula is C10H19F3N2O2S. The largest absolute Gasteiger partial charge is 0.402 e. The van der Waals surface area contributed by atoms with Gasteiger partial charge in [0.2, 0.25) is 10.0 Å². The average Bonchev–Trinajstić information content (AvgIpc) is 2.96. The van der Waals surface area contributed by atoms with Crippen molar-refractivity contribution in [3.8, 4) is 0 Å². The van der Waals surface area contributed by atoms with E-state index in [0.717, 1.165) is 12.8 Å². The first-order chi connectivity index (χ1) is 8.12. The van der Waals surface area contributed by atoms with Gasteiger partial charge >= 0.3 is 6.18 Å².